The number of fused-ring (bicyclic) bond motifs is 1. The first-order chi connectivity index (χ1) is 15.6. The molecule has 4 saturated carbocycles. The van der Waals surface area contributed by atoms with Crippen LogP contribution >= 0.6 is 0 Å². The molecule has 1 aromatic heterocycles. The highest BCUT2D eigenvalue weighted by Crippen LogP contribution is 2.59. The van der Waals surface area contributed by atoms with Crippen LogP contribution in [0.4, 0.5) is 11.5 Å². The average Bonchev–Trinajstić information content (AvgIpc) is 2.77. The van der Waals surface area contributed by atoms with E-state index in [1.54, 1.807) is 6.33 Å². The molecule has 4 aliphatic carbocycles. The zero-order valence-corrected chi connectivity index (χ0v) is 19.7. The summed E-state index contributed by atoms with van der Waals surface area (Å²) in [4.78, 5) is 14.0. The number of benzene rings is 1. The van der Waals surface area contributed by atoms with Crippen LogP contribution in [-0.2, 0) is 19.5 Å². The summed E-state index contributed by atoms with van der Waals surface area (Å²) in [5.41, 5.74) is 5.72. The van der Waals surface area contributed by atoms with Gasteiger partial charge in [-0.3, -0.25) is 4.90 Å². The average molecular weight is 432 g/mol. The summed E-state index contributed by atoms with van der Waals surface area (Å²) in [5.74, 6) is 4.12. The standard InChI is InChI=1S/C27H37N5/c1-31(2)23-5-3-19(4-6-23)15-32-8-7-24-25(16-32)29-18-30-26(24)28-17-27-12-20-9-21(13-27)11-22(10-20)14-27/h3-6,18,20-22H,7-17H2,1-2H3,(H,28,29,30). The second-order valence-electron chi connectivity index (χ2n) is 11.4. The van der Waals surface area contributed by atoms with Crippen LogP contribution < -0.4 is 10.2 Å². The smallest absolute Gasteiger partial charge is 0.132 e. The molecular formula is C27H37N5. The van der Waals surface area contributed by atoms with Gasteiger partial charge in [0.05, 0.1) is 5.69 Å². The van der Waals surface area contributed by atoms with Gasteiger partial charge in [0.25, 0.3) is 0 Å². The topological polar surface area (TPSA) is 44.3 Å². The quantitative estimate of drug-likeness (QED) is 0.716. The van der Waals surface area contributed by atoms with Crippen LogP contribution in [0.15, 0.2) is 30.6 Å². The summed E-state index contributed by atoms with van der Waals surface area (Å²) in [7, 11) is 4.18. The largest absolute Gasteiger partial charge is 0.378 e. The molecule has 32 heavy (non-hydrogen) atoms. The second kappa shape index (κ2) is 8.02. The van der Waals surface area contributed by atoms with E-state index in [0.29, 0.717) is 5.41 Å². The van der Waals surface area contributed by atoms with E-state index in [1.165, 1.54) is 61.0 Å². The normalized spacial score (nSPS) is 30.9. The summed E-state index contributed by atoms with van der Waals surface area (Å²) < 4.78 is 0. The van der Waals surface area contributed by atoms with Crippen molar-refractivity contribution < 1.29 is 0 Å². The van der Waals surface area contributed by atoms with Gasteiger partial charge in [-0.15, -0.1) is 0 Å². The Labute approximate surface area is 192 Å². The Morgan fingerprint density at radius 1 is 1.00 bits per heavy atom. The minimum atomic E-state index is 0.534. The van der Waals surface area contributed by atoms with E-state index in [2.05, 4.69) is 58.5 Å². The first-order valence-corrected chi connectivity index (χ1v) is 12.6. The molecule has 0 saturated heterocycles. The van der Waals surface area contributed by atoms with Gasteiger partial charge in [-0.2, -0.15) is 0 Å². The van der Waals surface area contributed by atoms with Crippen LogP contribution in [0.25, 0.3) is 0 Å². The molecular weight excluding hydrogens is 394 g/mol. The van der Waals surface area contributed by atoms with Gasteiger partial charge in [-0.25, -0.2) is 9.97 Å². The molecule has 5 aliphatic rings. The molecule has 0 amide bonds. The monoisotopic (exact) mass is 431 g/mol. The van der Waals surface area contributed by atoms with Crippen LogP contribution in [-0.4, -0.2) is 42.1 Å². The van der Waals surface area contributed by atoms with Crippen molar-refractivity contribution in [1.29, 1.82) is 0 Å². The Morgan fingerprint density at radius 2 is 1.69 bits per heavy atom. The van der Waals surface area contributed by atoms with E-state index >= 15 is 0 Å². The highest BCUT2D eigenvalue weighted by molar-refractivity contribution is 5.48. The fourth-order valence-corrected chi connectivity index (χ4v) is 7.63. The van der Waals surface area contributed by atoms with E-state index in [1.807, 2.05) is 0 Å². The fourth-order valence-electron chi connectivity index (χ4n) is 7.63. The number of hydrogen-bond donors (Lipinski definition) is 1. The molecule has 2 aromatic rings. The minimum Gasteiger partial charge on any atom is -0.378 e. The molecule has 1 aliphatic heterocycles. The van der Waals surface area contributed by atoms with Gasteiger partial charge in [-0.05, 0) is 85.8 Å². The third kappa shape index (κ3) is 3.89. The summed E-state index contributed by atoms with van der Waals surface area (Å²) in [5, 5.41) is 3.84. The van der Waals surface area contributed by atoms with Crippen LogP contribution in [0.2, 0.25) is 0 Å². The van der Waals surface area contributed by atoms with Crippen LogP contribution in [0.1, 0.15) is 55.3 Å². The van der Waals surface area contributed by atoms with Crippen molar-refractivity contribution in [2.24, 2.45) is 23.2 Å². The highest BCUT2D eigenvalue weighted by atomic mass is 15.1. The fraction of sp³-hybridized carbons (Fsp3) is 0.630. The summed E-state index contributed by atoms with van der Waals surface area (Å²) in [6, 6.07) is 8.93. The van der Waals surface area contributed by atoms with Crippen molar-refractivity contribution in [3.05, 3.63) is 47.4 Å². The lowest BCUT2D eigenvalue weighted by Crippen LogP contribution is -2.49. The summed E-state index contributed by atoms with van der Waals surface area (Å²) >= 11 is 0. The number of aromatic nitrogens is 2. The number of rotatable bonds is 6. The Bertz CT molecular complexity index is 931. The Balaban J connectivity index is 1.11. The maximum absolute atomic E-state index is 4.70. The van der Waals surface area contributed by atoms with Gasteiger partial charge in [0, 0.05) is 51.5 Å². The SMILES string of the molecule is CN(C)c1ccc(CN2CCc3c(ncnc3NCC34CC5CC(CC(C5)C3)C4)C2)cc1. The zero-order valence-electron chi connectivity index (χ0n) is 19.7. The van der Waals surface area contributed by atoms with E-state index < -0.39 is 0 Å². The van der Waals surface area contributed by atoms with E-state index in [-0.39, 0.29) is 0 Å². The molecule has 4 fully saturated rings. The van der Waals surface area contributed by atoms with Crippen molar-refractivity contribution >= 4 is 11.5 Å². The molecule has 0 atom stereocenters. The Morgan fingerprint density at radius 3 is 2.34 bits per heavy atom. The van der Waals surface area contributed by atoms with Gasteiger partial charge in [0.1, 0.15) is 12.1 Å². The number of hydrogen-bond acceptors (Lipinski definition) is 5. The zero-order chi connectivity index (χ0) is 21.7. The third-order valence-corrected chi connectivity index (χ3v) is 8.74. The van der Waals surface area contributed by atoms with E-state index in [0.717, 1.165) is 56.2 Å². The van der Waals surface area contributed by atoms with Crippen molar-refractivity contribution in [2.75, 3.05) is 37.4 Å². The van der Waals surface area contributed by atoms with Gasteiger partial charge < -0.3 is 10.2 Å². The van der Waals surface area contributed by atoms with Gasteiger partial charge >= 0.3 is 0 Å². The molecule has 0 unspecified atom stereocenters. The molecule has 1 aromatic carbocycles. The third-order valence-electron chi connectivity index (χ3n) is 8.74. The second-order valence-corrected chi connectivity index (χ2v) is 11.4. The van der Waals surface area contributed by atoms with Crippen molar-refractivity contribution in [1.82, 2.24) is 14.9 Å². The summed E-state index contributed by atoms with van der Waals surface area (Å²) in [6.07, 6.45) is 11.7. The number of nitrogens with zero attached hydrogens (tertiary/aromatic N) is 4. The molecule has 0 spiro atoms. The maximum Gasteiger partial charge on any atom is 0.132 e. The molecule has 0 radical (unpaired) electrons. The predicted molar refractivity (Wildman–Crippen MR) is 130 cm³/mol. The lowest BCUT2D eigenvalue weighted by atomic mass is 9.49. The molecule has 5 heteroatoms. The molecule has 5 nitrogen and oxygen atoms in total. The highest BCUT2D eigenvalue weighted by Gasteiger charge is 2.50. The lowest BCUT2D eigenvalue weighted by molar-refractivity contribution is -0.0444. The Kier molecular flexibility index (Phi) is 5.13. The van der Waals surface area contributed by atoms with Crippen molar-refractivity contribution in [3.8, 4) is 0 Å². The van der Waals surface area contributed by atoms with Crippen LogP contribution in [0.3, 0.4) is 0 Å². The van der Waals surface area contributed by atoms with Crippen LogP contribution in [0, 0.1) is 23.2 Å². The van der Waals surface area contributed by atoms with Gasteiger partial charge in [0.15, 0.2) is 0 Å². The maximum atomic E-state index is 4.70. The van der Waals surface area contributed by atoms with Gasteiger partial charge in [0.2, 0.25) is 0 Å². The molecule has 7 rings (SSSR count). The number of anilines is 2. The van der Waals surface area contributed by atoms with E-state index in [4.69, 9.17) is 4.98 Å². The van der Waals surface area contributed by atoms with Crippen molar-refractivity contribution in [3.63, 3.8) is 0 Å². The summed E-state index contributed by atoms with van der Waals surface area (Å²) in [6.45, 7) is 4.08. The van der Waals surface area contributed by atoms with E-state index in [9.17, 15) is 0 Å². The minimum absolute atomic E-state index is 0.534. The molecule has 4 bridgehead atoms. The molecule has 170 valence electrons. The van der Waals surface area contributed by atoms with Crippen molar-refractivity contribution in [2.45, 2.75) is 58.0 Å². The lowest BCUT2D eigenvalue weighted by Gasteiger charge is -2.57. The molecule has 1 N–H and O–H groups in total. The Hall–Kier alpha value is -2.14. The predicted octanol–water partition coefficient (Wildman–Crippen LogP) is 4.73. The first-order valence-electron chi connectivity index (χ1n) is 12.6. The van der Waals surface area contributed by atoms with Gasteiger partial charge in [-0.1, -0.05) is 12.1 Å². The first kappa shape index (κ1) is 20.5. The van der Waals surface area contributed by atoms with Crippen LogP contribution in [0.5, 0.6) is 0 Å². The molecule has 2 heterocycles. The number of nitrogens with one attached hydrogen (secondary N) is 1.